The second kappa shape index (κ2) is 7.96. The molecule has 3 rings (SSSR count). The number of benzene rings is 1. The molecule has 0 aromatic heterocycles. The van der Waals surface area contributed by atoms with E-state index in [0.29, 0.717) is 23.3 Å². The van der Waals surface area contributed by atoms with E-state index in [9.17, 15) is 13.2 Å². The van der Waals surface area contributed by atoms with E-state index in [1.807, 2.05) is 6.07 Å². The van der Waals surface area contributed by atoms with Crippen molar-refractivity contribution in [2.75, 3.05) is 23.9 Å². The summed E-state index contributed by atoms with van der Waals surface area (Å²) >= 11 is 0. The number of nitrogens with one attached hydrogen (secondary N) is 1. The predicted octanol–water partition coefficient (Wildman–Crippen LogP) is 2.20. The van der Waals surface area contributed by atoms with Crippen molar-refractivity contribution in [3.05, 3.63) is 24.3 Å². The number of hydrogen-bond acceptors (Lipinski definition) is 5. The summed E-state index contributed by atoms with van der Waals surface area (Å²) in [6.45, 7) is 0.0973. The third-order valence-electron chi connectivity index (χ3n) is 5.61. The van der Waals surface area contributed by atoms with Gasteiger partial charge in [0.2, 0.25) is 5.91 Å². The van der Waals surface area contributed by atoms with Crippen LogP contribution in [0.4, 0.5) is 5.69 Å². The van der Waals surface area contributed by atoms with E-state index in [1.54, 1.807) is 18.2 Å². The predicted molar refractivity (Wildman–Crippen MR) is 102 cm³/mol. The number of amides is 1. The molecule has 0 saturated heterocycles. The Labute approximate surface area is 155 Å². The number of carbonyl (C=O) groups excluding carboxylic acids is 1. The largest absolute Gasteiger partial charge is 0.492 e. The van der Waals surface area contributed by atoms with Crippen molar-refractivity contribution in [2.24, 2.45) is 23.5 Å². The fourth-order valence-electron chi connectivity index (χ4n) is 4.22. The van der Waals surface area contributed by atoms with Crippen LogP contribution >= 0.6 is 0 Å². The summed E-state index contributed by atoms with van der Waals surface area (Å²) in [7, 11) is -3.05. The van der Waals surface area contributed by atoms with Crippen LogP contribution in [0.3, 0.4) is 0 Å². The Kier molecular flexibility index (Phi) is 5.87. The van der Waals surface area contributed by atoms with Gasteiger partial charge in [-0.1, -0.05) is 12.5 Å². The van der Waals surface area contributed by atoms with Gasteiger partial charge in [-0.25, -0.2) is 8.42 Å². The Hall–Kier alpha value is -1.60. The lowest BCUT2D eigenvalue weighted by atomic mass is 9.65. The lowest BCUT2D eigenvalue weighted by Crippen LogP contribution is -2.48. The molecule has 7 heteroatoms. The molecular formula is C19H28N2O4S. The lowest BCUT2D eigenvalue weighted by Gasteiger charge is -2.43. The zero-order chi connectivity index (χ0) is 18.7. The Bertz CT molecular complexity index is 736. The number of sulfone groups is 1. The van der Waals surface area contributed by atoms with Crippen molar-refractivity contribution in [3.63, 3.8) is 0 Å². The van der Waals surface area contributed by atoms with Crippen LogP contribution in [-0.2, 0) is 14.6 Å². The molecule has 1 amide bonds. The first kappa shape index (κ1) is 19.2. The van der Waals surface area contributed by atoms with E-state index in [1.165, 1.54) is 12.7 Å². The topological polar surface area (TPSA) is 98.5 Å². The van der Waals surface area contributed by atoms with Crippen LogP contribution in [0.5, 0.6) is 5.75 Å². The van der Waals surface area contributed by atoms with Crippen LogP contribution in [0.1, 0.15) is 32.1 Å². The summed E-state index contributed by atoms with van der Waals surface area (Å²) in [5.74, 6) is 1.50. The monoisotopic (exact) mass is 380 g/mol. The van der Waals surface area contributed by atoms with Crippen molar-refractivity contribution in [3.8, 4) is 5.75 Å². The maximum atomic E-state index is 12.7. The quantitative estimate of drug-likeness (QED) is 0.788. The Morgan fingerprint density at radius 1 is 1.27 bits per heavy atom. The van der Waals surface area contributed by atoms with E-state index in [4.69, 9.17) is 10.5 Å². The minimum absolute atomic E-state index is 0.0138. The van der Waals surface area contributed by atoms with E-state index in [2.05, 4.69) is 5.32 Å². The normalized spacial score (nSPS) is 28.4. The zero-order valence-electron chi connectivity index (χ0n) is 15.2. The van der Waals surface area contributed by atoms with Gasteiger partial charge in [-0.05, 0) is 49.7 Å². The fourth-order valence-corrected chi connectivity index (χ4v) is 4.61. The molecule has 6 nitrogen and oxygen atoms in total. The molecule has 2 bridgehead atoms. The van der Waals surface area contributed by atoms with E-state index in [0.717, 1.165) is 25.7 Å². The number of carbonyl (C=O) groups is 1. The van der Waals surface area contributed by atoms with Crippen molar-refractivity contribution >= 4 is 21.4 Å². The van der Waals surface area contributed by atoms with Gasteiger partial charge in [-0.15, -0.1) is 0 Å². The molecule has 2 fully saturated rings. The van der Waals surface area contributed by atoms with E-state index < -0.39 is 9.84 Å². The molecule has 1 aromatic carbocycles. The molecule has 2 saturated carbocycles. The Morgan fingerprint density at radius 3 is 2.62 bits per heavy atom. The summed E-state index contributed by atoms with van der Waals surface area (Å²) in [5, 5.41) is 2.98. The number of anilines is 1. The molecule has 2 aliphatic rings. The van der Waals surface area contributed by atoms with Crippen molar-refractivity contribution in [2.45, 2.75) is 38.1 Å². The van der Waals surface area contributed by atoms with Gasteiger partial charge >= 0.3 is 0 Å². The average Bonchev–Trinajstić information content (AvgIpc) is 2.53. The first-order chi connectivity index (χ1) is 12.3. The number of ether oxygens (including phenoxy) is 1. The van der Waals surface area contributed by atoms with Gasteiger partial charge in [0.05, 0.1) is 5.75 Å². The van der Waals surface area contributed by atoms with Crippen LogP contribution in [0.2, 0.25) is 0 Å². The van der Waals surface area contributed by atoms with E-state index in [-0.39, 0.29) is 30.2 Å². The standard InChI is InChI=1S/C19H28N2O4S/c1-26(23,24)9-8-25-17-7-3-6-16(12-17)21-19(22)15-10-13-4-2-5-14(11-15)18(13)20/h3,6-7,12-15,18H,2,4-5,8-11,20H2,1H3,(H,21,22). The molecule has 2 atom stereocenters. The fraction of sp³-hybridized carbons (Fsp3) is 0.632. The summed E-state index contributed by atoms with van der Waals surface area (Å²) in [5.41, 5.74) is 6.98. The van der Waals surface area contributed by atoms with Crippen LogP contribution in [-0.4, -0.2) is 39.0 Å². The highest BCUT2D eigenvalue weighted by Crippen LogP contribution is 2.42. The molecule has 26 heavy (non-hydrogen) atoms. The van der Waals surface area contributed by atoms with Gasteiger partial charge in [0.25, 0.3) is 0 Å². The van der Waals surface area contributed by atoms with Gasteiger partial charge in [-0.2, -0.15) is 0 Å². The summed E-state index contributed by atoms with van der Waals surface area (Å²) in [6, 6.07) is 7.34. The minimum atomic E-state index is -3.05. The van der Waals surface area contributed by atoms with Crippen molar-refractivity contribution in [1.29, 1.82) is 0 Å². The smallest absolute Gasteiger partial charge is 0.227 e. The van der Waals surface area contributed by atoms with Crippen LogP contribution in [0, 0.1) is 17.8 Å². The van der Waals surface area contributed by atoms with Gasteiger partial charge in [0.15, 0.2) is 9.84 Å². The molecule has 0 aliphatic heterocycles. The van der Waals surface area contributed by atoms with Gasteiger partial charge < -0.3 is 15.8 Å². The molecule has 0 heterocycles. The number of fused-ring (bicyclic) bond motifs is 2. The molecular weight excluding hydrogens is 352 g/mol. The number of hydrogen-bond donors (Lipinski definition) is 2. The highest BCUT2D eigenvalue weighted by atomic mass is 32.2. The summed E-state index contributed by atoms with van der Waals surface area (Å²) in [4.78, 5) is 12.7. The maximum Gasteiger partial charge on any atom is 0.227 e. The molecule has 144 valence electrons. The molecule has 0 radical (unpaired) electrons. The highest BCUT2D eigenvalue weighted by Gasteiger charge is 2.40. The third-order valence-corrected chi connectivity index (χ3v) is 6.52. The van der Waals surface area contributed by atoms with Crippen molar-refractivity contribution in [1.82, 2.24) is 0 Å². The molecule has 0 spiro atoms. The number of rotatable bonds is 6. The van der Waals surface area contributed by atoms with Gasteiger partial charge in [0, 0.05) is 30.0 Å². The molecule has 2 unspecified atom stereocenters. The van der Waals surface area contributed by atoms with Gasteiger partial charge in [0.1, 0.15) is 12.4 Å². The van der Waals surface area contributed by atoms with Crippen LogP contribution in [0.15, 0.2) is 24.3 Å². The maximum absolute atomic E-state index is 12.7. The zero-order valence-corrected chi connectivity index (χ0v) is 16.0. The Morgan fingerprint density at radius 2 is 1.96 bits per heavy atom. The lowest BCUT2D eigenvalue weighted by molar-refractivity contribution is -0.122. The van der Waals surface area contributed by atoms with Gasteiger partial charge in [-0.3, -0.25) is 4.79 Å². The minimum Gasteiger partial charge on any atom is -0.492 e. The first-order valence-electron chi connectivity index (χ1n) is 9.29. The van der Waals surface area contributed by atoms with Crippen molar-refractivity contribution < 1.29 is 17.9 Å². The summed E-state index contributed by atoms with van der Waals surface area (Å²) < 4.78 is 27.8. The first-order valence-corrected chi connectivity index (χ1v) is 11.3. The highest BCUT2D eigenvalue weighted by molar-refractivity contribution is 7.90. The average molecular weight is 381 g/mol. The second-order valence-corrected chi connectivity index (χ2v) is 9.95. The third kappa shape index (κ3) is 4.98. The van der Waals surface area contributed by atoms with E-state index >= 15 is 0 Å². The van der Waals surface area contributed by atoms with Crippen LogP contribution < -0.4 is 15.8 Å². The number of nitrogens with two attached hydrogens (primary N) is 1. The Balaban J connectivity index is 1.57. The molecule has 2 aliphatic carbocycles. The summed E-state index contributed by atoms with van der Waals surface area (Å²) in [6.07, 6.45) is 6.40. The van der Waals surface area contributed by atoms with Crippen LogP contribution in [0.25, 0.3) is 0 Å². The second-order valence-electron chi connectivity index (χ2n) is 7.69. The molecule has 3 N–H and O–H groups in total. The SMILES string of the molecule is CS(=O)(=O)CCOc1cccc(NC(=O)C2CC3CCCC(C2)C3N)c1. The molecule has 1 aromatic rings.